The van der Waals surface area contributed by atoms with Crippen LogP contribution in [0.25, 0.3) is 27.8 Å². The molecule has 0 nitrogen and oxygen atoms in total. The smallest absolute Gasteiger partial charge is 0.00134 e. The fraction of sp³-hybridized carbons (Fsp3) is 0.212. The maximum Gasteiger partial charge on any atom is -0.00134 e. The van der Waals surface area contributed by atoms with Gasteiger partial charge in [0.1, 0.15) is 0 Å². The normalized spacial score (nSPS) is 16.6. The molecular formula is C33H30. The van der Waals surface area contributed by atoms with Gasteiger partial charge in [-0.3, -0.25) is 0 Å². The summed E-state index contributed by atoms with van der Waals surface area (Å²) in [4.78, 5) is 0. The summed E-state index contributed by atoms with van der Waals surface area (Å²) in [6.45, 7) is 2.26. The minimum atomic E-state index is 1.05. The predicted molar refractivity (Wildman–Crippen MR) is 141 cm³/mol. The standard InChI is InChI=1S/C33H30/c1-23-15-16-25(26-17-18-29-20-28-12-6-8-14-31(28)33(29)22-26)21-32(23)30-13-7-5-11-27(30)19-24-9-3-2-4-10-24/h2-3,6,8-9,11-18,21-22H,4-5,7,10,19-20H2,1H3. The van der Waals surface area contributed by atoms with Gasteiger partial charge in [-0.2, -0.15) is 0 Å². The van der Waals surface area contributed by atoms with Crippen LogP contribution in [0.4, 0.5) is 0 Å². The molecule has 0 bridgehead atoms. The zero-order valence-corrected chi connectivity index (χ0v) is 19.4. The van der Waals surface area contributed by atoms with Gasteiger partial charge in [-0.1, -0.05) is 84.5 Å². The van der Waals surface area contributed by atoms with Gasteiger partial charge in [0.05, 0.1) is 0 Å². The molecule has 6 rings (SSSR count). The molecule has 162 valence electrons. The average Bonchev–Trinajstić information content (AvgIpc) is 3.23. The van der Waals surface area contributed by atoms with Crippen molar-refractivity contribution in [3.05, 3.63) is 124 Å². The second-order valence-corrected chi connectivity index (χ2v) is 9.63. The molecule has 0 unspecified atom stereocenters. The average molecular weight is 427 g/mol. The number of benzene rings is 3. The largest absolute Gasteiger partial charge is 0.0842 e. The lowest BCUT2D eigenvalue weighted by molar-refractivity contribution is 0.902. The first-order chi connectivity index (χ1) is 16.3. The van der Waals surface area contributed by atoms with Crippen LogP contribution in [0.2, 0.25) is 0 Å². The summed E-state index contributed by atoms with van der Waals surface area (Å²) in [7, 11) is 0. The van der Waals surface area contributed by atoms with Crippen molar-refractivity contribution in [1.29, 1.82) is 0 Å². The van der Waals surface area contributed by atoms with E-state index in [4.69, 9.17) is 0 Å². The SMILES string of the molecule is Cc1ccc(-c2ccc3c(c2)-c2ccccc2C3)cc1C1=CCCC=C1CC1=CC=CCC1. The minimum Gasteiger partial charge on any atom is -0.0842 e. The molecule has 3 aliphatic carbocycles. The van der Waals surface area contributed by atoms with E-state index in [2.05, 4.69) is 98.0 Å². The molecule has 0 saturated carbocycles. The Labute approximate surface area is 197 Å². The molecule has 0 spiro atoms. The Morgan fingerprint density at radius 3 is 2.39 bits per heavy atom. The highest BCUT2D eigenvalue weighted by molar-refractivity contribution is 5.86. The van der Waals surface area contributed by atoms with Crippen LogP contribution >= 0.6 is 0 Å². The Hall–Kier alpha value is -3.38. The Bertz CT molecular complexity index is 1360. The lowest BCUT2D eigenvalue weighted by Gasteiger charge is -2.21. The molecule has 33 heavy (non-hydrogen) atoms. The second-order valence-electron chi connectivity index (χ2n) is 9.63. The highest BCUT2D eigenvalue weighted by Gasteiger charge is 2.19. The van der Waals surface area contributed by atoms with E-state index in [-0.39, 0.29) is 0 Å². The molecule has 0 heterocycles. The van der Waals surface area contributed by atoms with E-state index in [9.17, 15) is 0 Å². The first kappa shape index (κ1) is 20.2. The van der Waals surface area contributed by atoms with Gasteiger partial charge >= 0.3 is 0 Å². The predicted octanol–water partition coefficient (Wildman–Crippen LogP) is 9.00. The molecule has 0 aromatic heterocycles. The van der Waals surface area contributed by atoms with Crippen molar-refractivity contribution >= 4 is 5.57 Å². The quantitative estimate of drug-likeness (QED) is 0.305. The first-order valence-corrected chi connectivity index (χ1v) is 12.3. The van der Waals surface area contributed by atoms with Crippen molar-refractivity contribution in [2.45, 2.75) is 45.4 Å². The molecule has 0 N–H and O–H groups in total. The molecule has 3 aromatic rings. The Kier molecular flexibility index (Phi) is 5.23. The van der Waals surface area contributed by atoms with Crippen molar-refractivity contribution in [1.82, 2.24) is 0 Å². The van der Waals surface area contributed by atoms with Gasteiger partial charge in [0.2, 0.25) is 0 Å². The molecule has 0 fully saturated rings. The lowest BCUT2D eigenvalue weighted by Crippen LogP contribution is -2.00. The highest BCUT2D eigenvalue weighted by Crippen LogP contribution is 2.40. The van der Waals surface area contributed by atoms with Gasteiger partial charge in [0.15, 0.2) is 0 Å². The van der Waals surface area contributed by atoms with Crippen LogP contribution in [-0.2, 0) is 6.42 Å². The minimum absolute atomic E-state index is 1.05. The van der Waals surface area contributed by atoms with Gasteiger partial charge < -0.3 is 0 Å². The summed E-state index contributed by atoms with van der Waals surface area (Å²) < 4.78 is 0. The summed E-state index contributed by atoms with van der Waals surface area (Å²) in [6.07, 6.45) is 18.6. The monoisotopic (exact) mass is 426 g/mol. The Morgan fingerprint density at radius 1 is 0.727 bits per heavy atom. The Morgan fingerprint density at radius 2 is 1.52 bits per heavy atom. The van der Waals surface area contributed by atoms with Crippen LogP contribution in [0.5, 0.6) is 0 Å². The van der Waals surface area contributed by atoms with Crippen molar-refractivity contribution in [2.24, 2.45) is 0 Å². The molecule has 3 aliphatic rings. The number of fused-ring (bicyclic) bond motifs is 3. The maximum atomic E-state index is 2.48. The molecule has 0 atom stereocenters. The third-order valence-electron chi connectivity index (χ3n) is 7.43. The van der Waals surface area contributed by atoms with E-state index in [1.807, 2.05) is 0 Å². The molecule has 3 aromatic carbocycles. The fourth-order valence-corrected chi connectivity index (χ4v) is 5.62. The summed E-state index contributed by atoms with van der Waals surface area (Å²) in [5.41, 5.74) is 15.6. The van der Waals surface area contributed by atoms with E-state index in [1.165, 1.54) is 68.5 Å². The molecule has 0 radical (unpaired) electrons. The van der Waals surface area contributed by atoms with E-state index in [0.29, 0.717) is 0 Å². The van der Waals surface area contributed by atoms with Crippen molar-refractivity contribution in [3.8, 4) is 22.3 Å². The van der Waals surface area contributed by atoms with Crippen LogP contribution in [0.15, 0.2) is 102 Å². The number of allylic oxidation sites excluding steroid dienone is 8. The van der Waals surface area contributed by atoms with Gasteiger partial charge in [0.25, 0.3) is 0 Å². The van der Waals surface area contributed by atoms with Gasteiger partial charge in [-0.15, -0.1) is 0 Å². The number of rotatable bonds is 4. The van der Waals surface area contributed by atoms with Gasteiger partial charge in [-0.05, 0) is 113 Å². The summed E-state index contributed by atoms with van der Waals surface area (Å²) in [6, 6.07) is 22.9. The molecule has 0 saturated heterocycles. The lowest BCUT2D eigenvalue weighted by atomic mass is 9.84. The Balaban J connectivity index is 1.36. The second kappa shape index (κ2) is 8.52. The molecule has 0 amide bonds. The third-order valence-corrected chi connectivity index (χ3v) is 7.43. The topological polar surface area (TPSA) is 0 Å². The number of hydrogen-bond acceptors (Lipinski definition) is 0. The first-order valence-electron chi connectivity index (χ1n) is 12.3. The van der Waals surface area contributed by atoms with E-state index in [0.717, 1.165) is 25.7 Å². The third kappa shape index (κ3) is 3.85. The number of hydrogen-bond donors (Lipinski definition) is 0. The molecule has 0 heteroatoms. The van der Waals surface area contributed by atoms with E-state index < -0.39 is 0 Å². The van der Waals surface area contributed by atoms with Crippen molar-refractivity contribution in [2.75, 3.05) is 0 Å². The van der Waals surface area contributed by atoms with Crippen molar-refractivity contribution in [3.63, 3.8) is 0 Å². The van der Waals surface area contributed by atoms with Crippen LogP contribution in [0.3, 0.4) is 0 Å². The van der Waals surface area contributed by atoms with Gasteiger partial charge in [-0.25, -0.2) is 0 Å². The van der Waals surface area contributed by atoms with Crippen molar-refractivity contribution < 1.29 is 0 Å². The fourth-order valence-electron chi connectivity index (χ4n) is 5.62. The summed E-state index contributed by atoms with van der Waals surface area (Å²) >= 11 is 0. The van der Waals surface area contributed by atoms with E-state index >= 15 is 0 Å². The molecule has 0 aliphatic heterocycles. The van der Waals surface area contributed by atoms with Crippen LogP contribution in [-0.4, -0.2) is 0 Å². The van der Waals surface area contributed by atoms with Crippen LogP contribution in [0.1, 0.15) is 54.4 Å². The van der Waals surface area contributed by atoms with Crippen LogP contribution in [0, 0.1) is 6.92 Å². The van der Waals surface area contributed by atoms with Gasteiger partial charge in [0, 0.05) is 0 Å². The van der Waals surface area contributed by atoms with Crippen LogP contribution < -0.4 is 0 Å². The summed E-state index contributed by atoms with van der Waals surface area (Å²) in [5, 5.41) is 0. The summed E-state index contributed by atoms with van der Waals surface area (Å²) in [5.74, 6) is 0. The zero-order valence-electron chi connectivity index (χ0n) is 19.4. The van der Waals surface area contributed by atoms with E-state index in [1.54, 1.807) is 5.57 Å². The highest BCUT2D eigenvalue weighted by atomic mass is 14.2. The zero-order chi connectivity index (χ0) is 22.2. The molecular weight excluding hydrogens is 396 g/mol. The number of aryl methyl sites for hydroxylation is 1. The maximum absolute atomic E-state index is 2.48.